The number of nitrogens with one attached hydrogen (secondary N) is 1. The first kappa shape index (κ1) is 11.1. The van der Waals surface area contributed by atoms with E-state index in [9.17, 15) is 0 Å². The van der Waals surface area contributed by atoms with Crippen molar-refractivity contribution in [3.63, 3.8) is 0 Å². The minimum absolute atomic E-state index is 0.444. The molecule has 0 saturated carbocycles. The van der Waals surface area contributed by atoms with E-state index in [0.29, 0.717) is 0 Å². The molecule has 1 unspecified atom stereocenters. The second kappa shape index (κ2) is 4.34. The molecule has 0 fully saturated rings. The third-order valence-electron chi connectivity index (χ3n) is 2.71. The van der Waals surface area contributed by atoms with Gasteiger partial charge in [-0.05, 0) is 18.2 Å². The number of imidazole rings is 1. The van der Waals surface area contributed by atoms with Crippen LogP contribution < -0.4 is 10.1 Å². The molecule has 2 heterocycles. The number of hydrogen-bond acceptors (Lipinski definition) is 4. The van der Waals surface area contributed by atoms with Crippen molar-refractivity contribution in [2.75, 3.05) is 7.11 Å². The van der Waals surface area contributed by atoms with Crippen molar-refractivity contribution in [1.29, 1.82) is 0 Å². The van der Waals surface area contributed by atoms with Crippen LogP contribution in [0.3, 0.4) is 0 Å². The van der Waals surface area contributed by atoms with Crippen molar-refractivity contribution in [2.24, 2.45) is 4.99 Å². The predicted molar refractivity (Wildman–Crippen MR) is 71.0 cm³/mol. The lowest BCUT2D eigenvalue weighted by Crippen LogP contribution is -2.24. The van der Waals surface area contributed by atoms with Gasteiger partial charge in [0.25, 0.3) is 0 Å². The highest BCUT2D eigenvalue weighted by molar-refractivity contribution is 6.21. The summed E-state index contributed by atoms with van der Waals surface area (Å²) in [4.78, 5) is 8.63. The highest BCUT2D eigenvalue weighted by Crippen LogP contribution is 2.20. The Balaban J connectivity index is 2.10. The van der Waals surface area contributed by atoms with Crippen LogP contribution in [0.4, 0.5) is 0 Å². The van der Waals surface area contributed by atoms with Gasteiger partial charge in [0.1, 0.15) is 17.9 Å². The highest BCUT2D eigenvalue weighted by Gasteiger charge is 2.11. The van der Waals surface area contributed by atoms with E-state index in [1.807, 2.05) is 28.8 Å². The van der Waals surface area contributed by atoms with Crippen LogP contribution >= 0.6 is 11.6 Å². The number of nitrogens with zero attached hydrogens (tertiary/aromatic N) is 3. The van der Waals surface area contributed by atoms with Crippen LogP contribution in [0.2, 0.25) is 0 Å². The number of alkyl halides is 1. The number of allylic oxidation sites excluding steroid dienone is 1. The van der Waals surface area contributed by atoms with Gasteiger partial charge in [-0.3, -0.25) is 4.57 Å². The molecule has 1 aromatic heterocycles. The van der Waals surface area contributed by atoms with E-state index in [0.717, 1.165) is 22.6 Å². The average molecular weight is 263 g/mol. The van der Waals surface area contributed by atoms with E-state index in [2.05, 4.69) is 15.3 Å². The van der Waals surface area contributed by atoms with E-state index in [1.165, 1.54) is 0 Å². The number of benzene rings is 1. The second-order valence-corrected chi connectivity index (χ2v) is 4.21. The fraction of sp³-hybridized carbons (Fsp3) is 0.167. The Labute approximate surface area is 109 Å². The molecule has 0 amide bonds. The van der Waals surface area contributed by atoms with Gasteiger partial charge in [0, 0.05) is 12.3 Å². The van der Waals surface area contributed by atoms with Crippen molar-refractivity contribution >= 4 is 28.5 Å². The lowest BCUT2D eigenvalue weighted by molar-refractivity contribution is 0.415. The van der Waals surface area contributed by atoms with Gasteiger partial charge in [-0.25, -0.2) is 9.98 Å². The number of hydrogen-bond donors (Lipinski definition) is 1. The Morgan fingerprint density at radius 2 is 2.33 bits per heavy atom. The zero-order valence-electron chi connectivity index (χ0n) is 9.67. The molecule has 3 rings (SSSR count). The Kier molecular flexibility index (Phi) is 2.68. The topological polar surface area (TPSA) is 51.4 Å². The summed E-state index contributed by atoms with van der Waals surface area (Å²) in [5.74, 6) is 1.53. The number of halogens is 1. The monoisotopic (exact) mass is 262 g/mol. The summed E-state index contributed by atoms with van der Waals surface area (Å²) in [6.07, 6.45) is 5.35. The molecular formula is C12H11ClN4O. The Morgan fingerprint density at radius 1 is 1.44 bits per heavy atom. The van der Waals surface area contributed by atoms with Gasteiger partial charge in [-0.1, -0.05) is 11.6 Å². The van der Waals surface area contributed by atoms with E-state index < -0.39 is 5.62 Å². The average Bonchev–Trinajstić information content (AvgIpc) is 2.81. The molecule has 92 valence electrons. The molecule has 0 radical (unpaired) electrons. The SMILES string of the molecule is COc1ccc2c(c1)ncn2C1=NC(Cl)NC=C1. The van der Waals surface area contributed by atoms with E-state index in [1.54, 1.807) is 19.6 Å². The molecule has 1 atom stereocenters. The molecule has 1 aliphatic heterocycles. The molecule has 0 bridgehead atoms. The molecule has 0 aliphatic carbocycles. The number of aromatic nitrogens is 2. The summed E-state index contributed by atoms with van der Waals surface area (Å²) in [5, 5.41) is 2.88. The van der Waals surface area contributed by atoms with Crippen LogP contribution in [-0.2, 0) is 0 Å². The van der Waals surface area contributed by atoms with Crippen LogP contribution in [0.1, 0.15) is 0 Å². The molecular weight excluding hydrogens is 252 g/mol. The van der Waals surface area contributed by atoms with Crippen LogP contribution in [-0.4, -0.2) is 28.1 Å². The number of aliphatic imine (C=N–C) groups is 1. The number of fused-ring (bicyclic) bond motifs is 1. The molecule has 18 heavy (non-hydrogen) atoms. The fourth-order valence-electron chi connectivity index (χ4n) is 1.84. The maximum atomic E-state index is 5.92. The van der Waals surface area contributed by atoms with Gasteiger partial charge in [-0.2, -0.15) is 0 Å². The van der Waals surface area contributed by atoms with Gasteiger partial charge in [0.2, 0.25) is 0 Å². The van der Waals surface area contributed by atoms with Gasteiger partial charge >= 0.3 is 0 Å². The van der Waals surface area contributed by atoms with Gasteiger partial charge in [-0.15, -0.1) is 0 Å². The van der Waals surface area contributed by atoms with Crippen LogP contribution in [0.5, 0.6) is 5.75 Å². The smallest absolute Gasteiger partial charge is 0.197 e. The second-order valence-electron chi connectivity index (χ2n) is 3.79. The highest BCUT2D eigenvalue weighted by atomic mass is 35.5. The Bertz CT molecular complexity index is 647. The fourth-order valence-corrected chi connectivity index (χ4v) is 2.02. The quantitative estimate of drug-likeness (QED) is 0.631. The summed E-state index contributed by atoms with van der Waals surface area (Å²) < 4.78 is 7.06. The molecule has 2 aromatic rings. The third kappa shape index (κ3) is 1.82. The first-order chi connectivity index (χ1) is 8.78. The zero-order valence-corrected chi connectivity index (χ0v) is 10.4. The van der Waals surface area contributed by atoms with Gasteiger partial charge < -0.3 is 10.1 Å². The molecule has 1 N–H and O–H groups in total. The zero-order chi connectivity index (χ0) is 12.5. The number of rotatable bonds is 1. The van der Waals surface area contributed by atoms with Crippen LogP contribution in [0.15, 0.2) is 41.8 Å². The standard InChI is InChI=1S/C12H11ClN4O/c1-18-8-2-3-10-9(6-8)15-7-17(10)11-4-5-14-12(13)16-11/h2-7,12,14H,1H3. The molecule has 0 saturated heterocycles. The lowest BCUT2D eigenvalue weighted by Gasteiger charge is -2.13. The van der Waals surface area contributed by atoms with Crippen molar-refractivity contribution < 1.29 is 4.74 Å². The number of methoxy groups -OCH3 is 1. The lowest BCUT2D eigenvalue weighted by atomic mass is 10.3. The minimum Gasteiger partial charge on any atom is -0.497 e. The minimum atomic E-state index is -0.444. The predicted octanol–water partition coefficient (Wildman–Crippen LogP) is 1.93. The third-order valence-corrected chi connectivity index (χ3v) is 2.94. The van der Waals surface area contributed by atoms with E-state index >= 15 is 0 Å². The Hall–Kier alpha value is -2.01. The normalized spacial score (nSPS) is 18.6. The molecule has 5 nitrogen and oxygen atoms in total. The van der Waals surface area contributed by atoms with Crippen LogP contribution in [0.25, 0.3) is 11.0 Å². The molecule has 0 spiro atoms. The first-order valence-electron chi connectivity index (χ1n) is 5.44. The van der Waals surface area contributed by atoms with Crippen molar-refractivity contribution in [3.05, 3.63) is 36.8 Å². The first-order valence-corrected chi connectivity index (χ1v) is 5.87. The maximum Gasteiger partial charge on any atom is 0.197 e. The van der Waals surface area contributed by atoms with E-state index in [4.69, 9.17) is 16.3 Å². The summed E-state index contributed by atoms with van der Waals surface area (Å²) in [6, 6.07) is 5.72. The van der Waals surface area contributed by atoms with Gasteiger partial charge in [0.05, 0.1) is 18.1 Å². The van der Waals surface area contributed by atoms with Crippen molar-refractivity contribution in [2.45, 2.75) is 5.62 Å². The molecule has 1 aliphatic rings. The Morgan fingerprint density at radius 3 is 3.11 bits per heavy atom. The maximum absolute atomic E-state index is 5.92. The van der Waals surface area contributed by atoms with Crippen LogP contribution in [0, 0.1) is 0 Å². The van der Waals surface area contributed by atoms with E-state index in [-0.39, 0.29) is 0 Å². The summed E-state index contributed by atoms with van der Waals surface area (Å²) >= 11 is 5.92. The summed E-state index contributed by atoms with van der Waals surface area (Å²) in [6.45, 7) is 0. The van der Waals surface area contributed by atoms with Crippen molar-refractivity contribution in [3.8, 4) is 5.75 Å². The van der Waals surface area contributed by atoms with Crippen molar-refractivity contribution in [1.82, 2.24) is 14.9 Å². The largest absolute Gasteiger partial charge is 0.497 e. The summed E-state index contributed by atoms with van der Waals surface area (Å²) in [7, 11) is 1.63. The number of ether oxygens (including phenoxy) is 1. The molecule has 6 heteroatoms. The molecule has 1 aromatic carbocycles. The summed E-state index contributed by atoms with van der Waals surface area (Å²) in [5.41, 5.74) is 1.38. The van der Waals surface area contributed by atoms with Gasteiger partial charge in [0.15, 0.2) is 5.62 Å².